The van der Waals surface area contributed by atoms with Crippen LogP contribution in [0.25, 0.3) is 0 Å². The zero-order chi connectivity index (χ0) is 16.8. The van der Waals surface area contributed by atoms with Crippen LogP contribution >= 0.6 is 24.0 Å². The minimum absolute atomic E-state index is 0. The van der Waals surface area contributed by atoms with Crippen LogP contribution < -0.4 is 15.4 Å². The quantitative estimate of drug-likeness (QED) is 0.235. The fourth-order valence-corrected chi connectivity index (χ4v) is 1.97. The number of aliphatic imine (C=N–C) groups is 1. The Morgan fingerprint density at radius 1 is 1.21 bits per heavy atom. The lowest BCUT2D eigenvalue weighted by Crippen LogP contribution is -2.37. The number of ether oxygens (including phenoxy) is 2. The summed E-state index contributed by atoms with van der Waals surface area (Å²) in [6.45, 7) is 7.88. The topological polar surface area (TPSA) is 67.8 Å². The van der Waals surface area contributed by atoms with Crippen LogP contribution in [-0.2, 0) is 11.3 Å². The van der Waals surface area contributed by atoms with Crippen LogP contribution in [0.5, 0.6) is 5.88 Å². The molecule has 0 atom stereocenters. The van der Waals surface area contributed by atoms with Crippen molar-refractivity contribution in [2.75, 3.05) is 33.4 Å². The van der Waals surface area contributed by atoms with Gasteiger partial charge in [0.25, 0.3) is 0 Å². The van der Waals surface area contributed by atoms with Gasteiger partial charge in [0.1, 0.15) is 0 Å². The molecule has 0 fully saturated rings. The van der Waals surface area contributed by atoms with Crippen LogP contribution in [0.4, 0.5) is 0 Å². The molecule has 1 rings (SSSR count). The van der Waals surface area contributed by atoms with E-state index in [1.165, 1.54) is 0 Å². The largest absolute Gasteiger partial charge is 0.477 e. The Labute approximate surface area is 162 Å². The minimum Gasteiger partial charge on any atom is -0.477 e. The van der Waals surface area contributed by atoms with Crippen molar-refractivity contribution in [2.45, 2.75) is 39.7 Å². The number of hydrogen-bond acceptors (Lipinski definition) is 4. The molecule has 138 valence electrons. The molecule has 7 heteroatoms. The molecule has 0 spiro atoms. The van der Waals surface area contributed by atoms with Crippen molar-refractivity contribution in [1.29, 1.82) is 0 Å². The molecule has 2 N–H and O–H groups in total. The van der Waals surface area contributed by atoms with Gasteiger partial charge < -0.3 is 20.1 Å². The van der Waals surface area contributed by atoms with Crippen molar-refractivity contribution in [3.05, 3.63) is 23.9 Å². The van der Waals surface area contributed by atoms with E-state index in [1.54, 1.807) is 13.2 Å². The van der Waals surface area contributed by atoms with Gasteiger partial charge >= 0.3 is 0 Å². The van der Waals surface area contributed by atoms with E-state index in [0.717, 1.165) is 50.5 Å². The van der Waals surface area contributed by atoms with Crippen LogP contribution in [0.3, 0.4) is 0 Å². The zero-order valence-corrected chi connectivity index (χ0v) is 17.3. The molecule has 0 saturated heterocycles. The molecule has 1 heterocycles. The van der Waals surface area contributed by atoms with E-state index in [4.69, 9.17) is 9.47 Å². The van der Waals surface area contributed by atoms with Gasteiger partial charge in [-0.05, 0) is 32.3 Å². The van der Waals surface area contributed by atoms with Crippen LogP contribution in [0, 0.1) is 0 Å². The Balaban J connectivity index is 0.00000529. The average molecular weight is 450 g/mol. The van der Waals surface area contributed by atoms with Crippen LogP contribution in [-0.4, -0.2) is 44.4 Å². The van der Waals surface area contributed by atoms with Crippen molar-refractivity contribution >= 4 is 29.9 Å². The first kappa shape index (κ1) is 22.9. The molecule has 6 nitrogen and oxygen atoms in total. The third-order valence-electron chi connectivity index (χ3n) is 3.17. The maximum atomic E-state index is 5.66. The zero-order valence-electron chi connectivity index (χ0n) is 15.0. The summed E-state index contributed by atoms with van der Waals surface area (Å²) in [5, 5.41) is 6.59. The number of halogens is 1. The summed E-state index contributed by atoms with van der Waals surface area (Å²) in [7, 11) is 1.77. The molecular weight excluding hydrogens is 419 g/mol. The van der Waals surface area contributed by atoms with E-state index in [-0.39, 0.29) is 24.0 Å². The highest BCUT2D eigenvalue weighted by molar-refractivity contribution is 14.0. The number of unbranched alkanes of at least 4 members (excludes halogenated alkanes) is 1. The maximum Gasteiger partial charge on any atom is 0.218 e. The smallest absolute Gasteiger partial charge is 0.218 e. The van der Waals surface area contributed by atoms with Gasteiger partial charge in [0.05, 0.1) is 6.61 Å². The first-order valence-electron chi connectivity index (χ1n) is 8.40. The second-order valence-corrected chi connectivity index (χ2v) is 5.07. The van der Waals surface area contributed by atoms with Crippen LogP contribution in [0.2, 0.25) is 0 Å². The molecule has 0 radical (unpaired) electrons. The molecule has 1 aromatic rings. The van der Waals surface area contributed by atoms with Gasteiger partial charge in [-0.1, -0.05) is 13.0 Å². The molecule has 1 aromatic heterocycles. The predicted octanol–water partition coefficient (Wildman–Crippen LogP) is 2.97. The summed E-state index contributed by atoms with van der Waals surface area (Å²) >= 11 is 0. The molecule has 0 amide bonds. The summed E-state index contributed by atoms with van der Waals surface area (Å²) in [5.74, 6) is 1.47. The van der Waals surface area contributed by atoms with Crippen molar-refractivity contribution in [2.24, 2.45) is 4.99 Å². The van der Waals surface area contributed by atoms with E-state index in [0.29, 0.717) is 19.0 Å². The lowest BCUT2D eigenvalue weighted by atomic mass is 10.2. The average Bonchev–Trinajstić information content (AvgIpc) is 2.59. The molecule has 24 heavy (non-hydrogen) atoms. The molecule has 0 aliphatic rings. The van der Waals surface area contributed by atoms with Crippen LogP contribution in [0.1, 0.15) is 38.7 Å². The highest BCUT2D eigenvalue weighted by atomic mass is 127. The number of guanidine groups is 1. The monoisotopic (exact) mass is 450 g/mol. The lowest BCUT2D eigenvalue weighted by Gasteiger charge is -2.14. The Bertz CT molecular complexity index is 458. The van der Waals surface area contributed by atoms with Gasteiger partial charge in [-0.25, -0.2) is 4.98 Å². The number of hydrogen-bond donors (Lipinski definition) is 2. The Hall–Kier alpha value is -1.09. The summed E-state index contributed by atoms with van der Waals surface area (Å²) in [4.78, 5) is 8.52. The lowest BCUT2D eigenvalue weighted by molar-refractivity contribution is 0.143. The number of nitrogens with zero attached hydrogens (tertiary/aromatic N) is 2. The van der Waals surface area contributed by atoms with Gasteiger partial charge in [-0.3, -0.25) is 4.99 Å². The van der Waals surface area contributed by atoms with Crippen molar-refractivity contribution in [3.8, 4) is 5.88 Å². The Kier molecular flexibility index (Phi) is 14.7. The maximum absolute atomic E-state index is 5.66. The summed E-state index contributed by atoms with van der Waals surface area (Å²) in [6, 6.07) is 3.93. The summed E-state index contributed by atoms with van der Waals surface area (Å²) < 4.78 is 11.0. The first-order valence-corrected chi connectivity index (χ1v) is 8.40. The molecule has 0 aliphatic carbocycles. The van der Waals surface area contributed by atoms with Gasteiger partial charge in [0, 0.05) is 45.1 Å². The van der Waals surface area contributed by atoms with Crippen LogP contribution in [0.15, 0.2) is 23.3 Å². The Morgan fingerprint density at radius 3 is 2.75 bits per heavy atom. The van der Waals surface area contributed by atoms with E-state index < -0.39 is 0 Å². The number of aromatic nitrogens is 1. The molecular formula is C17H31IN4O2. The third-order valence-corrected chi connectivity index (χ3v) is 3.17. The van der Waals surface area contributed by atoms with E-state index >= 15 is 0 Å². The first-order chi connectivity index (χ1) is 11.3. The van der Waals surface area contributed by atoms with Crippen molar-refractivity contribution in [1.82, 2.24) is 15.6 Å². The fraction of sp³-hybridized carbons (Fsp3) is 0.647. The van der Waals surface area contributed by atoms with Crippen molar-refractivity contribution in [3.63, 3.8) is 0 Å². The number of nitrogens with one attached hydrogen (secondary N) is 2. The van der Waals surface area contributed by atoms with E-state index in [9.17, 15) is 0 Å². The number of pyridine rings is 1. The summed E-state index contributed by atoms with van der Waals surface area (Å²) in [6.07, 6.45) is 4.82. The highest BCUT2D eigenvalue weighted by Crippen LogP contribution is 2.14. The molecule has 0 unspecified atom stereocenters. The number of rotatable bonds is 11. The highest BCUT2D eigenvalue weighted by Gasteiger charge is 2.05. The standard InChI is InChI=1S/C17H30N4O2.HI/c1-4-12-23-16-15(9-8-11-19-16)14-21-17(18-3)20-10-6-7-13-22-5-2;/h8-9,11H,4-7,10,12-14H2,1-3H3,(H2,18,20,21);1H. The normalized spacial score (nSPS) is 10.9. The second kappa shape index (κ2) is 15.4. The van der Waals surface area contributed by atoms with E-state index in [1.807, 2.05) is 19.1 Å². The minimum atomic E-state index is 0. The molecule has 0 aliphatic heterocycles. The Morgan fingerprint density at radius 2 is 2.04 bits per heavy atom. The third kappa shape index (κ3) is 9.92. The summed E-state index contributed by atoms with van der Waals surface area (Å²) in [5.41, 5.74) is 1.03. The van der Waals surface area contributed by atoms with Gasteiger partial charge in [0.15, 0.2) is 5.96 Å². The second-order valence-electron chi connectivity index (χ2n) is 5.07. The van der Waals surface area contributed by atoms with Crippen molar-refractivity contribution < 1.29 is 9.47 Å². The predicted molar refractivity (Wildman–Crippen MR) is 109 cm³/mol. The molecule has 0 saturated carbocycles. The van der Waals surface area contributed by atoms with Gasteiger partial charge in [-0.15, -0.1) is 24.0 Å². The van der Waals surface area contributed by atoms with Gasteiger partial charge in [-0.2, -0.15) is 0 Å². The molecule has 0 bridgehead atoms. The van der Waals surface area contributed by atoms with E-state index in [2.05, 4.69) is 27.5 Å². The fourth-order valence-electron chi connectivity index (χ4n) is 1.97. The van der Waals surface area contributed by atoms with Gasteiger partial charge in [0.2, 0.25) is 5.88 Å². The molecule has 0 aromatic carbocycles. The SMILES string of the molecule is CCCOc1ncccc1CNC(=NC)NCCCCOCC.I.